The van der Waals surface area contributed by atoms with Gasteiger partial charge in [-0.1, -0.05) is 37.0 Å². The lowest BCUT2D eigenvalue weighted by atomic mass is 10.1. The summed E-state index contributed by atoms with van der Waals surface area (Å²) in [5.74, 6) is 0.602. The summed E-state index contributed by atoms with van der Waals surface area (Å²) in [5, 5.41) is 1.46. The summed E-state index contributed by atoms with van der Waals surface area (Å²) in [6, 6.07) is 11.1. The fourth-order valence-electron chi connectivity index (χ4n) is 3.07. The Hall–Kier alpha value is -2.20. The zero-order valence-electron chi connectivity index (χ0n) is 14.9. The summed E-state index contributed by atoms with van der Waals surface area (Å²) in [6.45, 7) is 11.4. The Morgan fingerprint density at radius 1 is 0.958 bits per heavy atom. The van der Waals surface area contributed by atoms with Gasteiger partial charge in [0.15, 0.2) is 0 Å². The number of hydrogen-bond donors (Lipinski definition) is 0. The van der Waals surface area contributed by atoms with Crippen molar-refractivity contribution in [2.24, 2.45) is 0 Å². The molecule has 3 aromatic rings. The Morgan fingerprint density at radius 2 is 1.54 bits per heavy atom. The van der Waals surface area contributed by atoms with Crippen molar-refractivity contribution in [3.8, 4) is 17.1 Å². The molecule has 0 aliphatic rings. The van der Waals surface area contributed by atoms with E-state index in [1.54, 1.807) is 18.3 Å². The van der Waals surface area contributed by atoms with E-state index in [1.165, 1.54) is 28.4 Å². The Labute approximate surface area is 144 Å². The van der Waals surface area contributed by atoms with Gasteiger partial charge >= 0.3 is 0 Å². The Bertz CT molecular complexity index is 850. The minimum absolute atomic E-state index is 0.233. The highest BCUT2D eigenvalue weighted by molar-refractivity contribution is 6.88. The molecule has 0 N–H and O–H groups in total. The summed E-state index contributed by atoms with van der Waals surface area (Å²) >= 11 is 0. The van der Waals surface area contributed by atoms with Gasteiger partial charge in [0.25, 0.3) is 0 Å². The SMILES string of the molecule is Cc1cc([Si](C)(C)C)cc(C)c1-n1ccnc1-c1ccc(F)cc1. The van der Waals surface area contributed by atoms with Gasteiger partial charge in [-0.2, -0.15) is 0 Å². The molecule has 0 bridgehead atoms. The highest BCUT2D eigenvalue weighted by Gasteiger charge is 2.20. The maximum atomic E-state index is 13.2. The van der Waals surface area contributed by atoms with Crippen molar-refractivity contribution < 1.29 is 4.39 Å². The smallest absolute Gasteiger partial charge is 0.144 e. The number of aromatic nitrogens is 2. The van der Waals surface area contributed by atoms with Crippen molar-refractivity contribution in [2.45, 2.75) is 33.5 Å². The van der Waals surface area contributed by atoms with E-state index < -0.39 is 8.07 Å². The molecule has 3 rings (SSSR count). The molecule has 2 aromatic carbocycles. The lowest BCUT2D eigenvalue weighted by Gasteiger charge is -2.21. The fourth-order valence-corrected chi connectivity index (χ4v) is 4.36. The van der Waals surface area contributed by atoms with Crippen LogP contribution in [0.2, 0.25) is 19.6 Å². The molecule has 0 saturated heterocycles. The molecular weight excluding hydrogens is 315 g/mol. The molecule has 0 aliphatic carbocycles. The first kappa shape index (κ1) is 16.6. The Morgan fingerprint density at radius 3 is 2.08 bits per heavy atom. The largest absolute Gasteiger partial charge is 0.299 e. The van der Waals surface area contributed by atoms with Crippen molar-refractivity contribution in [1.82, 2.24) is 9.55 Å². The van der Waals surface area contributed by atoms with Crippen molar-refractivity contribution in [3.63, 3.8) is 0 Å². The average Bonchev–Trinajstić information content (AvgIpc) is 2.95. The summed E-state index contributed by atoms with van der Waals surface area (Å²) in [4.78, 5) is 4.50. The van der Waals surface area contributed by atoms with Crippen LogP contribution in [0.15, 0.2) is 48.8 Å². The molecule has 124 valence electrons. The van der Waals surface area contributed by atoms with Gasteiger partial charge in [-0.05, 0) is 49.2 Å². The van der Waals surface area contributed by atoms with Gasteiger partial charge < -0.3 is 0 Å². The van der Waals surface area contributed by atoms with Crippen LogP contribution in [0.1, 0.15) is 11.1 Å². The van der Waals surface area contributed by atoms with Crippen LogP contribution < -0.4 is 5.19 Å². The van der Waals surface area contributed by atoms with Crippen LogP contribution in [0.4, 0.5) is 4.39 Å². The maximum Gasteiger partial charge on any atom is 0.144 e. The van der Waals surface area contributed by atoms with Gasteiger partial charge in [0.05, 0.1) is 13.8 Å². The molecule has 1 heterocycles. The predicted molar refractivity (Wildman–Crippen MR) is 101 cm³/mol. The standard InChI is InChI=1S/C20H23FN2Si/c1-14-12-18(24(3,4)5)13-15(2)19(14)23-11-10-22-20(23)16-6-8-17(21)9-7-16/h6-13H,1-5H3. The van der Waals surface area contributed by atoms with Gasteiger partial charge in [0.2, 0.25) is 0 Å². The van der Waals surface area contributed by atoms with E-state index in [-0.39, 0.29) is 5.82 Å². The molecule has 1 aromatic heterocycles. The number of imidazole rings is 1. The normalized spacial score (nSPS) is 11.8. The monoisotopic (exact) mass is 338 g/mol. The van der Waals surface area contributed by atoms with Gasteiger partial charge in [-0.25, -0.2) is 9.37 Å². The zero-order valence-corrected chi connectivity index (χ0v) is 15.9. The van der Waals surface area contributed by atoms with Crippen LogP contribution in [-0.2, 0) is 0 Å². The van der Waals surface area contributed by atoms with E-state index in [2.05, 4.69) is 55.2 Å². The number of hydrogen-bond acceptors (Lipinski definition) is 1. The van der Waals surface area contributed by atoms with Crippen LogP contribution >= 0.6 is 0 Å². The Kier molecular flexibility index (Phi) is 4.18. The summed E-state index contributed by atoms with van der Waals surface area (Å²) in [5.41, 5.74) is 4.56. The summed E-state index contributed by atoms with van der Waals surface area (Å²) in [7, 11) is -1.35. The van der Waals surface area contributed by atoms with Gasteiger partial charge in [0, 0.05) is 18.0 Å². The molecule has 2 nitrogen and oxygen atoms in total. The molecule has 0 saturated carbocycles. The number of rotatable bonds is 3. The van der Waals surface area contributed by atoms with E-state index in [0.29, 0.717) is 0 Å². The van der Waals surface area contributed by atoms with Gasteiger partial charge in [-0.15, -0.1) is 0 Å². The molecule has 0 fully saturated rings. The van der Waals surface area contributed by atoms with Crippen LogP contribution in [-0.4, -0.2) is 17.6 Å². The van der Waals surface area contributed by atoms with Crippen molar-refractivity contribution in [3.05, 3.63) is 65.7 Å². The molecule has 0 aliphatic heterocycles. The number of nitrogens with zero attached hydrogens (tertiary/aromatic N) is 2. The molecule has 0 spiro atoms. The molecule has 0 amide bonds. The molecule has 0 unspecified atom stereocenters. The van der Waals surface area contributed by atoms with E-state index in [4.69, 9.17) is 0 Å². The minimum Gasteiger partial charge on any atom is -0.299 e. The van der Waals surface area contributed by atoms with Crippen molar-refractivity contribution in [1.29, 1.82) is 0 Å². The Balaban J connectivity index is 2.15. The second kappa shape index (κ2) is 6.02. The topological polar surface area (TPSA) is 17.8 Å². The van der Waals surface area contributed by atoms with Crippen LogP contribution in [0.3, 0.4) is 0 Å². The first-order valence-corrected chi connectivity index (χ1v) is 11.7. The third-order valence-electron chi connectivity index (χ3n) is 4.34. The van der Waals surface area contributed by atoms with Crippen molar-refractivity contribution >= 4 is 13.3 Å². The van der Waals surface area contributed by atoms with Crippen LogP contribution in [0, 0.1) is 19.7 Å². The third-order valence-corrected chi connectivity index (χ3v) is 6.36. The van der Waals surface area contributed by atoms with E-state index in [9.17, 15) is 4.39 Å². The number of halogens is 1. The highest BCUT2D eigenvalue weighted by Crippen LogP contribution is 2.26. The van der Waals surface area contributed by atoms with Crippen LogP contribution in [0.25, 0.3) is 17.1 Å². The van der Waals surface area contributed by atoms with E-state index in [1.807, 2.05) is 6.20 Å². The second-order valence-corrected chi connectivity index (χ2v) is 12.4. The first-order valence-electron chi connectivity index (χ1n) is 8.19. The maximum absolute atomic E-state index is 13.2. The molecule has 4 heteroatoms. The quantitative estimate of drug-likeness (QED) is 0.625. The summed E-state index contributed by atoms with van der Waals surface area (Å²) < 4.78 is 15.3. The third kappa shape index (κ3) is 3.06. The lowest BCUT2D eigenvalue weighted by molar-refractivity contribution is 0.628. The molecule has 0 radical (unpaired) electrons. The summed E-state index contributed by atoms with van der Waals surface area (Å²) in [6.07, 6.45) is 3.77. The van der Waals surface area contributed by atoms with E-state index in [0.717, 1.165) is 17.1 Å². The zero-order chi connectivity index (χ0) is 17.5. The minimum atomic E-state index is -1.35. The van der Waals surface area contributed by atoms with Gasteiger partial charge in [0.1, 0.15) is 11.6 Å². The number of benzene rings is 2. The van der Waals surface area contributed by atoms with E-state index >= 15 is 0 Å². The lowest BCUT2D eigenvalue weighted by Crippen LogP contribution is -2.38. The number of aryl methyl sites for hydroxylation is 2. The fraction of sp³-hybridized carbons (Fsp3) is 0.250. The molecule has 0 atom stereocenters. The van der Waals surface area contributed by atoms with Gasteiger partial charge in [-0.3, -0.25) is 4.57 Å². The average molecular weight is 339 g/mol. The highest BCUT2D eigenvalue weighted by atomic mass is 28.3. The van der Waals surface area contributed by atoms with Crippen molar-refractivity contribution in [2.75, 3.05) is 0 Å². The second-order valence-electron chi connectivity index (χ2n) is 7.34. The molecular formula is C20H23FN2Si. The van der Waals surface area contributed by atoms with Crippen LogP contribution in [0.5, 0.6) is 0 Å². The first-order chi connectivity index (χ1) is 11.3. The molecule has 24 heavy (non-hydrogen) atoms. The predicted octanol–water partition coefficient (Wildman–Crippen LogP) is 4.84.